The van der Waals surface area contributed by atoms with Crippen LogP contribution in [0.25, 0.3) is 11.1 Å². The molecular formula is C33H29N3O4S2. The number of amides is 3. The van der Waals surface area contributed by atoms with Gasteiger partial charge in [-0.3, -0.25) is 9.59 Å². The summed E-state index contributed by atoms with van der Waals surface area (Å²) in [6.07, 6.45) is 1.36. The number of ether oxygens (including phenoxy) is 1. The van der Waals surface area contributed by atoms with Crippen molar-refractivity contribution in [3.8, 4) is 11.1 Å². The van der Waals surface area contributed by atoms with E-state index in [4.69, 9.17) is 10.5 Å². The van der Waals surface area contributed by atoms with Gasteiger partial charge in [-0.05, 0) is 64.4 Å². The highest BCUT2D eigenvalue weighted by atomic mass is 32.2. The molecule has 0 bridgehead atoms. The highest BCUT2D eigenvalue weighted by molar-refractivity contribution is 7.99. The van der Waals surface area contributed by atoms with Crippen molar-refractivity contribution in [2.24, 2.45) is 5.73 Å². The fourth-order valence-corrected chi connectivity index (χ4v) is 6.98. The van der Waals surface area contributed by atoms with Crippen molar-refractivity contribution < 1.29 is 19.1 Å². The molecular weight excluding hydrogens is 567 g/mol. The minimum Gasteiger partial charge on any atom is -0.449 e. The van der Waals surface area contributed by atoms with Crippen LogP contribution in [0.5, 0.6) is 0 Å². The fraction of sp³-hybridized carbons (Fsp3) is 0.182. The smallest absolute Gasteiger partial charge is 0.407 e. The molecule has 7 nitrogen and oxygen atoms in total. The molecule has 1 aliphatic heterocycles. The SMILES string of the molecule is CSc1ccc(CN2C(=O)[C@H](NC(=O)OCC3c4ccccc4-c4ccccc43)CSc3ccc(C(N)=O)cc32)cc1. The summed E-state index contributed by atoms with van der Waals surface area (Å²) >= 11 is 3.08. The molecule has 0 saturated carbocycles. The summed E-state index contributed by atoms with van der Waals surface area (Å²) in [5, 5.41) is 2.82. The number of nitrogens with one attached hydrogen (secondary N) is 1. The van der Waals surface area contributed by atoms with E-state index in [1.807, 2.05) is 54.8 Å². The molecule has 1 atom stereocenters. The van der Waals surface area contributed by atoms with Crippen molar-refractivity contribution in [1.82, 2.24) is 5.32 Å². The summed E-state index contributed by atoms with van der Waals surface area (Å²) in [5.41, 5.74) is 11.9. The number of thioether (sulfide) groups is 2. The van der Waals surface area contributed by atoms with Gasteiger partial charge < -0.3 is 20.7 Å². The summed E-state index contributed by atoms with van der Waals surface area (Å²) < 4.78 is 5.74. The molecule has 42 heavy (non-hydrogen) atoms. The molecule has 0 aromatic heterocycles. The third-order valence-corrected chi connectivity index (χ3v) is 9.54. The number of benzene rings is 4. The molecule has 6 rings (SSSR count). The van der Waals surface area contributed by atoms with E-state index >= 15 is 0 Å². The molecule has 0 saturated heterocycles. The molecule has 1 heterocycles. The molecule has 0 unspecified atom stereocenters. The van der Waals surface area contributed by atoms with Crippen LogP contribution >= 0.6 is 23.5 Å². The minimum absolute atomic E-state index is 0.0837. The van der Waals surface area contributed by atoms with Crippen molar-refractivity contribution in [2.75, 3.05) is 23.5 Å². The second-order valence-electron chi connectivity index (χ2n) is 10.2. The monoisotopic (exact) mass is 595 g/mol. The minimum atomic E-state index is -0.833. The van der Waals surface area contributed by atoms with Gasteiger partial charge in [0.1, 0.15) is 12.6 Å². The Morgan fingerprint density at radius 2 is 1.64 bits per heavy atom. The molecule has 3 N–H and O–H groups in total. The topological polar surface area (TPSA) is 102 Å². The van der Waals surface area contributed by atoms with Crippen LogP contribution in [0, 0.1) is 0 Å². The Balaban J connectivity index is 1.21. The summed E-state index contributed by atoms with van der Waals surface area (Å²) in [6.45, 7) is 0.424. The highest BCUT2D eigenvalue weighted by Gasteiger charge is 2.34. The van der Waals surface area contributed by atoms with E-state index in [1.54, 1.807) is 34.9 Å². The van der Waals surface area contributed by atoms with Gasteiger partial charge in [0.2, 0.25) is 5.91 Å². The number of fused-ring (bicyclic) bond motifs is 4. The Hall–Kier alpha value is -4.21. The van der Waals surface area contributed by atoms with Gasteiger partial charge in [-0.15, -0.1) is 23.5 Å². The Kier molecular flexibility index (Phi) is 7.95. The first-order valence-electron chi connectivity index (χ1n) is 13.6. The van der Waals surface area contributed by atoms with Crippen LogP contribution in [0.4, 0.5) is 10.5 Å². The molecule has 0 spiro atoms. The molecule has 0 radical (unpaired) electrons. The lowest BCUT2D eigenvalue weighted by molar-refractivity contribution is -0.120. The van der Waals surface area contributed by atoms with Gasteiger partial charge in [-0.2, -0.15) is 0 Å². The van der Waals surface area contributed by atoms with Crippen LogP contribution in [0.15, 0.2) is 101 Å². The summed E-state index contributed by atoms with van der Waals surface area (Å²) in [4.78, 5) is 42.6. The second-order valence-corrected chi connectivity index (χ2v) is 12.1. The third-order valence-electron chi connectivity index (χ3n) is 7.64. The first-order chi connectivity index (χ1) is 20.4. The van der Waals surface area contributed by atoms with Crippen LogP contribution in [0.2, 0.25) is 0 Å². The summed E-state index contributed by atoms with van der Waals surface area (Å²) in [6, 6.07) is 28.5. The van der Waals surface area contributed by atoms with E-state index < -0.39 is 18.0 Å². The average Bonchev–Trinajstić information content (AvgIpc) is 3.27. The van der Waals surface area contributed by atoms with Gasteiger partial charge >= 0.3 is 6.09 Å². The van der Waals surface area contributed by atoms with E-state index in [2.05, 4.69) is 29.6 Å². The predicted molar refractivity (Wildman–Crippen MR) is 167 cm³/mol. The molecule has 1 aliphatic carbocycles. The maximum Gasteiger partial charge on any atom is 0.407 e. The van der Waals surface area contributed by atoms with Gasteiger partial charge in [0.05, 0.1) is 12.2 Å². The summed E-state index contributed by atoms with van der Waals surface area (Å²) in [5.74, 6) is -0.629. The van der Waals surface area contributed by atoms with Crippen molar-refractivity contribution in [2.45, 2.75) is 28.3 Å². The number of primary amides is 1. The number of carbonyl (C=O) groups is 3. The normalized spacial score (nSPS) is 15.8. The molecule has 9 heteroatoms. The quantitative estimate of drug-likeness (QED) is 0.252. The first kappa shape index (κ1) is 27.9. The van der Waals surface area contributed by atoms with Crippen LogP contribution in [0.1, 0.15) is 33.0 Å². The number of hydrogen-bond donors (Lipinski definition) is 2. The van der Waals surface area contributed by atoms with Gasteiger partial charge in [-0.1, -0.05) is 60.7 Å². The molecule has 212 valence electrons. The lowest BCUT2D eigenvalue weighted by Gasteiger charge is -2.26. The van der Waals surface area contributed by atoms with Gasteiger partial charge in [-0.25, -0.2) is 4.79 Å². The maximum absolute atomic E-state index is 14.0. The third kappa shape index (κ3) is 5.49. The average molecular weight is 596 g/mol. The number of carbonyl (C=O) groups excluding carboxylic acids is 3. The zero-order valence-corrected chi connectivity index (χ0v) is 24.5. The Bertz CT molecular complexity index is 1630. The van der Waals surface area contributed by atoms with Gasteiger partial charge in [0.25, 0.3) is 5.91 Å². The van der Waals surface area contributed by atoms with E-state index in [-0.39, 0.29) is 25.0 Å². The first-order valence-corrected chi connectivity index (χ1v) is 15.8. The van der Waals surface area contributed by atoms with E-state index in [1.165, 1.54) is 11.8 Å². The van der Waals surface area contributed by atoms with E-state index in [0.29, 0.717) is 17.0 Å². The zero-order chi connectivity index (χ0) is 29.2. The number of rotatable bonds is 7. The lowest BCUT2D eigenvalue weighted by Crippen LogP contribution is -2.49. The fourth-order valence-electron chi connectivity index (χ4n) is 5.52. The lowest BCUT2D eigenvalue weighted by atomic mass is 9.98. The highest BCUT2D eigenvalue weighted by Crippen LogP contribution is 2.44. The maximum atomic E-state index is 14.0. The standard InChI is InChI=1S/C33H29N3O4S2/c1-41-22-13-10-20(11-14-22)17-36-29-16-21(31(34)37)12-15-30(29)42-19-28(32(36)38)35-33(39)40-18-27-25-8-4-2-6-23(25)24-7-3-5-9-26(24)27/h2-16,27-28H,17-19H2,1H3,(H2,34,37)(H,35,39)/t28-/m1/s1. The van der Waals surface area contributed by atoms with Crippen molar-refractivity contribution in [1.29, 1.82) is 0 Å². The Morgan fingerprint density at radius 3 is 2.29 bits per heavy atom. The Morgan fingerprint density at radius 1 is 0.976 bits per heavy atom. The number of anilines is 1. The van der Waals surface area contributed by atoms with Crippen LogP contribution in [0.3, 0.4) is 0 Å². The molecule has 4 aromatic rings. The molecule has 4 aromatic carbocycles. The second kappa shape index (κ2) is 12.0. The van der Waals surface area contributed by atoms with Crippen LogP contribution < -0.4 is 16.0 Å². The van der Waals surface area contributed by atoms with Crippen LogP contribution in [-0.4, -0.2) is 42.6 Å². The van der Waals surface area contributed by atoms with E-state index in [9.17, 15) is 14.4 Å². The number of nitrogens with zero attached hydrogens (tertiary/aromatic N) is 1. The molecule has 0 fully saturated rings. The number of hydrogen-bond acceptors (Lipinski definition) is 6. The summed E-state index contributed by atoms with van der Waals surface area (Å²) in [7, 11) is 0. The van der Waals surface area contributed by atoms with E-state index in [0.717, 1.165) is 37.6 Å². The predicted octanol–water partition coefficient (Wildman–Crippen LogP) is 6.05. The van der Waals surface area contributed by atoms with Crippen molar-refractivity contribution in [3.05, 3.63) is 113 Å². The molecule has 3 amide bonds. The van der Waals surface area contributed by atoms with Crippen molar-refractivity contribution in [3.63, 3.8) is 0 Å². The van der Waals surface area contributed by atoms with Crippen LogP contribution in [-0.2, 0) is 16.1 Å². The van der Waals surface area contributed by atoms with Crippen molar-refractivity contribution >= 4 is 47.1 Å². The Labute approximate surface area is 252 Å². The molecule has 2 aliphatic rings. The number of alkyl carbamates (subject to hydrolysis) is 1. The largest absolute Gasteiger partial charge is 0.449 e. The zero-order valence-electron chi connectivity index (χ0n) is 22.9. The van der Waals surface area contributed by atoms with Gasteiger partial charge in [0, 0.05) is 27.0 Å². The number of nitrogens with two attached hydrogens (primary N) is 1. The van der Waals surface area contributed by atoms with Gasteiger partial charge in [0.15, 0.2) is 0 Å².